The average Bonchev–Trinajstić information content (AvgIpc) is 2.31. The Morgan fingerprint density at radius 2 is 2.40 bits per heavy atom. The largest absolute Gasteiger partial charge is 0.384 e. The fraction of sp³-hybridized carbons (Fsp3) is 0.143. The maximum Gasteiger partial charge on any atom is 0.116 e. The highest BCUT2D eigenvalue weighted by atomic mass is 32.1. The van der Waals surface area contributed by atoms with E-state index in [-0.39, 0.29) is 6.61 Å². The fourth-order valence-corrected chi connectivity index (χ4v) is 1.22. The van der Waals surface area contributed by atoms with Gasteiger partial charge in [-0.3, -0.25) is 0 Å². The fourth-order valence-electron chi connectivity index (χ4n) is 0.543. The van der Waals surface area contributed by atoms with Gasteiger partial charge in [-0.25, -0.2) is 0 Å². The first kappa shape index (κ1) is 7.39. The number of aliphatic hydroxyl groups excluding tert-OH is 1. The third-order valence-corrected chi connectivity index (χ3v) is 1.76. The molecule has 1 heterocycles. The Bertz CT molecular complexity index is 269. The monoisotopic (exact) mass is 148 g/mol. The molecule has 10 heavy (non-hydrogen) atoms. The van der Waals surface area contributed by atoms with Crippen molar-refractivity contribution in [2.24, 2.45) is 0 Å². The molecule has 1 N–H and O–H groups in total. The van der Waals surface area contributed by atoms with Crippen molar-refractivity contribution in [3.05, 3.63) is 16.3 Å². The van der Waals surface area contributed by atoms with Crippen molar-refractivity contribution >= 4 is 24.6 Å². The van der Waals surface area contributed by atoms with Crippen LogP contribution in [0.1, 0.15) is 5.56 Å². The van der Waals surface area contributed by atoms with Gasteiger partial charge in [0.2, 0.25) is 0 Å². The van der Waals surface area contributed by atoms with E-state index in [1.165, 1.54) is 11.3 Å². The minimum absolute atomic E-state index is 0.116. The molecule has 0 atom stereocenters. The van der Waals surface area contributed by atoms with Crippen LogP contribution >= 0.6 is 11.3 Å². The molecule has 1 nitrogen and oxygen atoms in total. The van der Waals surface area contributed by atoms with E-state index in [1.807, 2.05) is 10.8 Å². The van der Waals surface area contributed by atoms with Crippen LogP contribution in [0.5, 0.6) is 0 Å². The van der Waals surface area contributed by atoms with Crippen molar-refractivity contribution in [2.45, 2.75) is 0 Å². The zero-order chi connectivity index (χ0) is 7.40. The molecule has 0 fully saturated rings. The van der Waals surface area contributed by atoms with Crippen LogP contribution in [-0.4, -0.2) is 19.6 Å². The highest BCUT2D eigenvalue weighted by Gasteiger charge is 1.91. The second-order valence-corrected chi connectivity index (χ2v) is 2.44. The number of rotatable bonds is 0. The van der Waals surface area contributed by atoms with Crippen molar-refractivity contribution in [1.82, 2.24) is 0 Å². The molecule has 3 heteroatoms. The summed E-state index contributed by atoms with van der Waals surface area (Å²) in [5.74, 6) is 5.25. The van der Waals surface area contributed by atoms with Crippen molar-refractivity contribution in [3.8, 4) is 11.8 Å². The van der Waals surface area contributed by atoms with Crippen LogP contribution < -0.4 is 5.46 Å². The summed E-state index contributed by atoms with van der Waals surface area (Å²) >= 11 is 1.51. The van der Waals surface area contributed by atoms with Gasteiger partial charge >= 0.3 is 0 Å². The third kappa shape index (κ3) is 1.63. The van der Waals surface area contributed by atoms with Crippen LogP contribution in [0.15, 0.2) is 10.8 Å². The quantitative estimate of drug-likeness (QED) is 0.402. The molecule has 0 saturated heterocycles. The molecular formula is C7H5BOS. The number of aliphatic hydroxyl groups is 1. The first-order chi connectivity index (χ1) is 4.84. The zero-order valence-electron chi connectivity index (χ0n) is 5.29. The number of hydrogen-bond acceptors (Lipinski definition) is 2. The first-order valence-electron chi connectivity index (χ1n) is 2.76. The summed E-state index contributed by atoms with van der Waals surface area (Å²) in [5, 5.41) is 12.0. The smallest absolute Gasteiger partial charge is 0.116 e. The summed E-state index contributed by atoms with van der Waals surface area (Å²) < 4.78 is 0. The van der Waals surface area contributed by atoms with Crippen molar-refractivity contribution in [3.63, 3.8) is 0 Å². The molecule has 1 aromatic heterocycles. The Kier molecular flexibility index (Phi) is 2.55. The van der Waals surface area contributed by atoms with E-state index in [2.05, 4.69) is 11.8 Å². The minimum Gasteiger partial charge on any atom is -0.384 e. The lowest BCUT2D eigenvalue weighted by Gasteiger charge is -1.82. The molecule has 0 unspecified atom stereocenters. The Morgan fingerprint density at radius 3 is 2.90 bits per heavy atom. The molecular weight excluding hydrogens is 143 g/mol. The molecule has 0 aliphatic carbocycles. The maximum atomic E-state index is 8.34. The first-order valence-corrected chi connectivity index (χ1v) is 3.70. The molecule has 0 aliphatic rings. The van der Waals surface area contributed by atoms with Crippen LogP contribution in [0.3, 0.4) is 0 Å². The molecule has 0 aliphatic heterocycles. The zero-order valence-corrected chi connectivity index (χ0v) is 6.11. The van der Waals surface area contributed by atoms with Gasteiger partial charge in [0, 0.05) is 10.9 Å². The highest BCUT2D eigenvalue weighted by Crippen LogP contribution is 1.99. The number of hydrogen-bond donors (Lipinski definition) is 1. The van der Waals surface area contributed by atoms with E-state index in [0.29, 0.717) is 5.46 Å². The van der Waals surface area contributed by atoms with Crippen molar-refractivity contribution in [2.75, 3.05) is 6.61 Å². The molecule has 0 bridgehead atoms. The minimum atomic E-state index is -0.116. The second kappa shape index (κ2) is 3.45. The molecule has 2 radical (unpaired) electrons. The van der Waals surface area contributed by atoms with Crippen LogP contribution in [0.4, 0.5) is 0 Å². The van der Waals surface area contributed by atoms with Gasteiger partial charge < -0.3 is 5.11 Å². The topological polar surface area (TPSA) is 20.2 Å². The van der Waals surface area contributed by atoms with Gasteiger partial charge in [-0.15, -0.1) is 0 Å². The Morgan fingerprint density at radius 1 is 1.60 bits per heavy atom. The van der Waals surface area contributed by atoms with Crippen LogP contribution in [-0.2, 0) is 0 Å². The normalized spacial score (nSPS) is 8.50. The van der Waals surface area contributed by atoms with E-state index in [0.717, 1.165) is 5.56 Å². The van der Waals surface area contributed by atoms with Gasteiger partial charge in [-0.1, -0.05) is 17.3 Å². The molecule has 0 saturated carbocycles. The lowest BCUT2D eigenvalue weighted by Crippen LogP contribution is -2.00. The average molecular weight is 148 g/mol. The Hall–Kier alpha value is -0.715. The van der Waals surface area contributed by atoms with Gasteiger partial charge in [0.05, 0.1) is 0 Å². The van der Waals surface area contributed by atoms with E-state index >= 15 is 0 Å². The standard InChI is InChI=1S/C7H5BOS/c8-7-5-10-4-6(7)2-1-3-9/h4-5,9H,3H2. The summed E-state index contributed by atoms with van der Waals surface area (Å²) in [4.78, 5) is 0. The molecule has 0 spiro atoms. The highest BCUT2D eigenvalue weighted by molar-refractivity contribution is 7.09. The van der Waals surface area contributed by atoms with Gasteiger partial charge in [0.1, 0.15) is 14.5 Å². The SMILES string of the molecule is [B]c1cscc1C#CCO. The van der Waals surface area contributed by atoms with Gasteiger partial charge in [-0.2, -0.15) is 11.3 Å². The Balaban J connectivity index is 2.84. The van der Waals surface area contributed by atoms with Gasteiger partial charge in [0.25, 0.3) is 0 Å². The van der Waals surface area contributed by atoms with Crippen LogP contribution in [0, 0.1) is 11.8 Å². The van der Waals surface area contributed by atoms with E-state index in [4.69, 9.17) is 13.0 Å². The van der Waals surface area contributed by atoms with Crippen molar-refractivity contribution in [1.29, 1.82) is 0 Å². The third-order valence-electron chi connectivity index (χ3n) is 0.994. The Labute approximate surface area is 65.1 Å². The molecule has 1 aromatic rings. The molecule has 1 rings (SSSR count). The molecule has 0 aromatic carbocycles. The summed E-state index contributed by atoms with van der Waals surface area (Å²) in [7, 11) is 5.51. The lowest BCUT2D eigenvalue weighted by molar-refractivity contribution is 0.350. The number of thiophene rings is 1. The molecule has 48 valence electrons. The lowest BCUT2D eigenvalue weighted by atomic mass is 9.96. The predicted molar refractivity (Wildman–Crippen MR) is 43.7 cm³/mol. The van der Waals surface area contributed by atoms with Crippen LogP contribution in [0.2, 0.25) is 0 Å². The second-order valence-electron chi connectivity index (χ2n) is 1.70. The van der Waals surface area contributed by atoms with Gasteiger partial charge in [0.15, 0.2) is 0 Å². The van der Waals surface area contributed by atoms with Crippen molar-refractivity contribution < 1.29 is 5.11 Å². The summed E-state index contributed by atoms with van der Waals surface area (Å²) in [6.45, 7) is -0.116. The summed E-state index contributed by atoms with van der Waals surface area (Å²) in [5.41, 5.74) is 1.49. The van der Waals surface area contributed by atoms with E-state index in [1.54, 1.807) is 0 Å². The van der Waals surface area contributed by atoms with Crippen LogP contribution in [0.25, 0.3) is 0 Å². The molecule has 0 amide bonds. The van der Waals surface area contributed by atoms with E-state index < -0.39 is 0 Å². The summed E-state index contributed by atoms with van der Waals surface area (Å²) in [6.07, 6.45) is 0. The van der Waals surface area contributed by atoms with E-state index in [9.17, 15) is 0 Å². The predicted octanol–water partition coefficient (Wildman–Crippen LogP) is -0.114. The van der Waals surface area contributed by atoms with Gasteiger partial charge in [-0.05, 0) is 5.38 Å². The maximum absolute atomic E-state index is 8.34. The summed E-state index contributed by atoms with van der Waals surface area (Å²) in [6, 6.07) is 0.